The first-order valence-electron chi connectivity index (χ1n) is 10.7. The van der Waals surface area contributed by atoms with Gasteiger partial charge in [0, 0.05) is 35.7 Å². The fourth-order valence-electron chi connectivity index (χ4n) is 4.18. The molecule has 0 aliphatic carbocycles. The molecule has 0 saturated carbocycles. The van der Waals surface area contributed by atoms with E-state index in [1.54, 1.807) is 0 Å². The van der Waals surface area contributed by atoms with Crippen molar-refractivity contribution in [2.45, 2.75) is 25.9 Å². The van der Waals surface area contributed by atoms with Crippen LogP contribution in [0.4, 0.5) is 0 Å². The summed E-state index contributed by atoms with van der Waals surface area (Å²) in [6.07, 6.45) is 3.85. The molecule has 3 fully saturated rings. The van der Waals surface area contributed by atoms with E-state index in [0.717, 1.165) is 34.4 Å². The van der Waals surface area contributed by atoms with Gasteiger partial charge in [0.15, 0.2) is 0 Å². The Morgan fingerprint density at radius 3 is 2.39 bits per heavy atom. The lowest BCUT2D eigenvalue weighted by Gasteiger charge is -2.44. The number of aliphatic carboxylic acids is 2. The smallest absolute Gasteiger partial charge is 0.328 e. The number of ether oxygens (including phenoxy) is 1. The third kappa shape index (κ3) is 5.53. The van der Waals surface area contributed by atoms with Crippen LogP contribution in [0.1, 0.15) is 18.5 Å². The van der Waals surface area contributed by atoms with E-state index in [9.17, 15) is 9.59 Å². The molecule has 10 heteroatoms. The standard InChI is InChI=1S/C19H21N5O.C4H4O4/c1-12-15-10-14(2-3-17(15)22-20-12)16-4-5-19(23-21-16)25-18-11-24-8-6-13(18)7-9-24;5-3(6)1-2-4(7)8/h2-5,10,13,18H,6-9,11H2,1H3,(H,20,22);1-2H,(H,5,6)(H,7,8). The summed E-state index contributed by atoms with van der Waals surface area (Å²) in [4.78, 5) is 21.6. The van der Waals surface area contributed by atoms with E-state index in [-0.39, 0.29) is 6.10 Å². The van der Waals surface area contributed by atoms with Crippen LogP contribution < -0.4 is 4.74 Å². The van der Waals surface area contributed by atoms with E-state index >= 15 is 0 Å². The molecule has 0 amide bonds. The summed E-state index contributed by atoms with van der Waals surface area (Å²) in [5, 5.41) is 32.7. The van der Waals surface area contributed by atoms with E-state index in [0.29, 0.717) is 23.9 Å². The molecular weight excluding hydrogens is 426 g/mol. The van der Waals surface area contributed by atoms with Crippen molar-refractivity contribution in [2.75, 3.05) is 19.6 Å². The van der Waals surface area contributed by atoms with E-state index < -0.39 is 11.9 Å². The van der Waals surface area contributed by atoms with Crippen LogP contribution in [-0.2, 0) is 9.59 Å². The highest BCUT2D eigenvalue weighted by Gasteiger charge is 2.35. The number of nitrogens with zero attached hydrogens (tertiary/aromatic N) is 4. The number of carbonyl (C=O) groups is 2. The van der Waals surface area contributed by atoms with E-state index in [2.05, 4.69) is 31.4 Å². The van der Waals surface area contributed by atoms with Crippen LogP contribution in [0.2, 0.25) is 0 Å². The Balaban J connectivity index is 0.000000281. The number of nitrogens with one attached hydrogen (secondary N) is 1. The molecule has 1 unspecified atom stereocenters. The highest BCUT2D eigenvalue weighted by molar-refractivity contribution is 5.89. The number of aryl methyl sites for hydroxylation is 1. The van der Waals surface area contributed by atoms with Crippen LogP contribution in [0.25, 0.3) is 22.2 Å². The molecule has 33 heavy (non-hydrogen) atoms. The number of hydrogen-bond donors (Lipinski definition) is 3. The first-order valence-corrected chi connectivity index (χ1v) is 10.7. The Bertz CT molecular complexity index is 1150. The lowest BCUT2D eigenvalue weighted by atomic mass is 9.86. The van der Waals surface area contributed by atoms with Crippen LogP contribution in [0, 0.1) is 12.8 Å². The Hall–Kier alpha value is -3.79. The number of fused-ring (bicyclic) bond motifs is 4. The molecule has 2 bridgehead atoms. The normalized spacial score (nSPS) is 21.5. The fraction of sp³-hybridized carbons (Fsp3) is 0.348. The largest absolute Gasteiger partial charge is 0.478 e. The molecular formula is C23H25N5O5. The van der Waals surface area contributed by atoms with Gasteiger partial charge in [-0.2, -0.15) is 5.10 Å². The Kier molecular flexibility index (Phi) is 6.64. The fourth-order valence-corrected chi connectivity index (χ4v) is 4.18. The van der Waals surface area contributed by atoms with Gasteiger partial charge >= 0.3 is 11.9 Å². The highest BCUT2D eigenvalue weighted by Crippen LogP contribution is 2.30. The SMILES string of the molecule is Cc1n[nH]c2ccc(-c3ccc(OC4CN5CCC4CC5)nn3)cc12.O=C(O)C=CC(=O)O. The van der Waals surface area contributed by atoms with Gasteiger partial charge in [-0.25, -0.2) is 9.59 Å². The van der Waals surface area contributed by atoms with Gasteiger partial charge in [-0.05, 0) is 57.0 Å². The third-order valence-corrected chi connectivity index (χ3v) is 5.93. The van der Waals surface area contributed by atoms with Crippen LogP contribution in [0.3, 0.4) is 0 Å². The van der Waals surface area contributed by atoms with Crippen LogP contribution >= 0.6 is 0 Å². The lowest BCUT2D eigenvalue weighted by molar-refractivity contribution is -0.134. The average molecular weight is 451 g/mol. The molecule has 6 rings (SSSR count). The minimum atomic E-state index is -1.26. The maximum atomic E-state index is 9.55. The molecule has 3 aliphatic rings. The van der Waals surface area contributed by atoms with Crippen LogP contribution in [0.15, 0.2) is 42.5 Å². The molecule has 5 heterocycles. The summed E-state index contributed by atoms with van der Waals surface area (Å²) in [6, 6.07) is 10.1. The molecule has 3 aliphatic heterocycles. The van der Waals surface area contributed by atoms with Crippen LogP contribution in [0.5, 0.6) is 5.88 Å². The minimum Gasteiger partial charge on any atom is -0.478 e. The molecule has 1 aromatic carbocycles. The summed E-state index contributed by atoms with van der Waals surface area (Å²) >= 11 is 0. The maximum absolute atomic E-state index is 9.55. The van der Waals surface area contributed by atoms with Gasteiger partial charge in [0.25, 0.3) is 0 Å². The maximum Gasteiger partial charge on any atom is 0.328 e. The van der Waals surface area contributed by atoms with Crippen molar-refractivity contribution >= 4 is 22.8 Å². The summed E-state index contributed by atoms with van der Waals surface area (Å²) in [5.74, 6) is -1.22. The second-order valence-electron chi connectivity index (χ2n) is 8.13. The van der Waals surface area contributed by atoms with Gasteiger partial charge < -0.3 is 14.9 Å². The summed E-state index contributed by atoms with van der Waals surface area (Å²) in [5.41, 5.74) is 3.92. The first-order chi connectivity index (χ1) is 15.9. The molecule has 1 atom stereocenters. The van der Waals surface area contributed by atoms with Crippen molar-refractivity contribution in [1.29, 1.82) is 0 Å². The zero-order chi connectivity index (χ0) is 23.4. The van der Waals surface area contributed by atoms with Crippen molar-refractivity contribution in [3.8, 4) is 17.1 Å². The highest BCUT2D eigenvalue weighted by atomic mass is 16.5. The Labute approximate surface area is 189 Å². The second kappa shape index (κ2) is 9.78. The molecule has 3 saturated heterocycles. The van der Waals surface area contributed by atoms with Crippen molar-refractivity contribution in [1.82, 2.24) is 25.3 Å². The van der Waals surface area contributed by atoms with Crippen molar-refractivity contribution < 1.29 is 24.5 Å². The van der Waals surface area contributed by atoms with Gasteiger partial charge in [-0.1, -0.05) is 6.07 Å². The minimum absolute atomic E-state index is 0.257. The average Bonchev–Trinajstić information content (AvgIpc) is 3.19. The molecule has 10 nitrogen and oxygen atoms in total. The predicted molar refractivity (Wildman–Crippen MR) is 120 cm³/mol. The van der Waals surface area contributed by atoms with Gasteiger partial charge in [0.2, 0.25) is 5.88 Å². The van der Waals surface area contributed by atoms with Gasteiger partial charge in [0.05, 0.1) is 16.9 Å². The number of rotatable bonds is 5. The quantitative estimate of drug-likeness (QED) is 0.499. The first kappa shape index (κ1) is 22.4. The molecule has 3 N–H and O–H groups in total. The molecule has 0 radical (unpaired) electrons. The second-order valence-corrected chi connectivity index (χ2v) is 8.13. The van der Waals surface area contributed by atoms with E-state index in [1.165, 1.54) is 25.9 Å². The predicted octanol–water partition coefficient (Wildman–Crippen LogP) is 2.51. The number of benzene rings is 1. The van der Waals surface area contributed by atoms with Gasteiger partial charge in [-0.15, -0.1) is 10.2 Å². The summed E-state index contributed by atoms with van der Waals surface area (Å²) in [6.45, 7) is 5.44. The zero-order valence-electron chi connectivity index (χ0n) is 18.1. The van der Waals surface area contributed by atoms with Crippen molar-refractivity contribution in [2.24, 2.45) is 5.92 Å². The van der Waals surface area contributed by atoms with E-state index in [1.807, 2.05) is 31.2 Å². The van der Waals surface area contributed by atoms with Crippen molar-refractivity contribution in [3.63, 3.8) is 0 Å². The topological polar surface area (TPSA) is 142 Å². The molecule has 0 spiro atoms. The lowest BCUT2D eigenvalue weighted by Crippen LogP contribution is -2.52. The van der Waals surface area contributed by atoms with Gasteiger partial charge in [-0.3, -0.25) is 10.00 Å². The number of carboxylic acid groups (broad SMARTS) is 2. The zero-order valence-corrected chi connectivity index (χ0v) is 18.1. The summed E-state index contributed by atoms with van der Waals surface area (Å²) in [7, 11) is 0. The summed E-state index contributed by atoms with van der Waals surface area (Å²) < 4.78 is 6.13. The third-order valence-electron chi connectivity index (χ3n) is 5.93. The van der Waals surface area contributed by atoms with Crippen LogP contribution in [-0.4, -0.2) is 73.2 Å². The number of hydrogen-bond acceptors (Lipinski definition) is 7. The molecule has 3 aromatic rings. The molecule has 172 valence electrons. The number of H-pyrrole nitrogens is 1. The number of piperidine rings is 3. The van der Waals surface area contributed by atoms with E-state index in [4.69, 9.17) is 14.9 Å². The number of aromatic amines is 1. The Morgan fingerprint density at radius 1 is 1.09 bits per heavy atom. The monoisotopic (exact) mass is 451 g/mol. The van der Waals surface area contributed by atoms with Gasteiger partial charge in [0.1, 0.15) is 6.10 Å². The van der Waals surface area contributed by atoms with Crippen molar-refractivity contribution in [3.05, 3.63) is 48.2 Å². The Morgan fingerprint density at radius 2 is 1.82 bits per heavy atom. The number of aromatic nitrogens is 4. The molecule has 2 aromatic heterocycles. The number of carboxylic acids is 2.